The lowest BCUT2D eigenvalue weighted by Crippen LogP contribution is -3.00. The van der Waals surface area contributed by atoms with Crippen molar-refractivity contribution >= 4 is 5.78 Å². The molecular weight excluding hydrogens is 326 g/mol. The minimum Gasteiger partial charge on any atom is -1.00 e. The highest BCUT2D eigenvalue weighted by atomic mass is 79.9. The molecule has 21 heavy (non-hydrogen) atoms. The van der Waals surface area contributed by atoms with Crippen molar-refractivity contribution in [2.75, 3.05) is 14.1 Å². The van der Waals surface area contributed by atoms with Crippen LogP contribution >= 0.6 is 0 Å². The van der Waals surface area contributed by atoms with Crippen LogP contribution in [0.5, 0.6) is 0 Å². The number of benzene rings is 2. The minimum atomic E-state index is -0.0717. The Bertz CT molecular complexity index is 566. The van der Waals surface area contributed by atoms with Gasteiger partial charge in [0.25, 0.3) is 0 Å². The molecule has 0 saturated carbocycles. The maximum Gasteiger partial charge on any atom is 0.219 e. The maximum absolute atomic E-state index is 12.6. The van der Waals surface area contributed by atoms with Gasteiger partial charge in [0.2, 0.25) is 5.78 Å². The number of rotatable bonds is 5. The highest BCUT2D eigenvalue weighted by Gasteiger charge is 2.31. The largest absolute Gasteiger partial charge is 1.00 e. The van der Waals surface area contributed by atoms with Crippen LogP contribution in [0.15, 0.2) is 60.7 Å². The fourth-order valence-electron chi connectivity index (χ4n) is 2.35. The van der Waals surface area contributed by atoms with Gasteiger partial charge in [-0.05, 0) is 6.92 Å². The van der Waals surface area contributed by atoms with Crippen molar-refractivity contribution in [2.24, 2.45) is 0 Å². The summed E-state index contributed by atoms with van der Waals surface area (Å²) in [6.07, 6.45) is 0. The molecule has 0 heterocycles. The molecule has 2 rings (SSSR count). The van der Waals surface area contributed by atoms with E-state index in [0.717, 1.165) is 12.1 Å². The summed E-state index contributed by atoms with van der Waals surface area (Å²) in [6, 6.07) is 19.8. The van der Waals surface area contributed by atoms with Gasteiger partial charge < -0.3 is 21.5 Å². The average Bonchev–Trinajstić information content (AvgIpc) is 2.47. The smallest absolute Gasteiger partial charge is 0.219 e. The standard InChI is InChI=1S/C18H22NO.BrH/c1-15(18(20)17-12-8-5-9-13-17)19(2,3)14-16-10-6-4-7-11-16;/h4-13,15H,14H2,1-3H3;1H/q+1;/p-1/t15-;/m1./s1. The monoisotopic (exact) mass is 347 g/mol. The first-order valence-electron chi connectivity index (χ1n) is 6.96. The summed E-state index contributed by atoms with van der Waals surface area (Å²) >= 11 is 0. The molecule has 0 bridgehead atoms. The van der Waals surface area contributed by atoms with Crippen LogP contribution in [0.25, 0.3) is 0 Å². The summed E-state index contributed by atoms with van der Waals surface area (Å²) in [5.74, 6) is 0.200. The maximum atomic E-state index is 12.6. The van der Waals surface area contributed by atoms with Crippen molar-refractivity contribution in [1.29, 1.82) is 0 Å². The summed E-state index contributed by atoms with van der Waals surface area (Å²) in [5, 5.41) is 0. The van der Waals surface area contributed by atoms with E-state index in [1.54, 1.807) is 0 Å². The van der Waals surface area contributed by atoms with Crippen molar-refractivity contribution in [2.45, 2.75) is 19.5 Å². The van der Waals surface area contributed by atoms with Crippen LogP contribution in [0.1, 0.15) is 22.8 Å². The van der Waals surface area contributed by atoms with Crippen molar-refractivity contribution in [3.8, 4) is 0 Å². The first-order valence-corrected chi connectivity index (χ1v) is 6.96. The number of Topliss-reactive ketones (excluding diaryl/α,β-unsaturated/α-hetero) is 1. The topological polar surface area (TPSA) is 17.1 Å². The number of carbonyl (C=O) groups excluding carboxylic acids is 1. The molecule has 112 valence electrons. The Morgan fingerprint density at radius 2 is 1.43 bits per heavy atom. The third-order valence-electron chi connectivity index (χ3n) is 3.92. The molecule has 0 aliphatic rings. The highest BCUT2D eigenvalue weighted by molar-refractivity contribution is 5.99. The summed E-state index contributed by atoms with van der Waals surface area (Å²) in [4.78, 5) is 12.6. The van der Waals surface area contributed by atoms with Crippen LogP contribution in [-0.4, -0.2) is 30.4 Å². The number of quaternary nitrogens is 1. The van der Waals surface area contributed by atoms with Crippen LogP contribution in [0.2, 0.25) is 0 Å². The van der Waals surface area contributed by atoms with Gasteiger partial charge in [0.05, 0.1) is 14.1 Å². The van der Waals surface area contributed by atoms with Gasteiger partial charge in [-0.15, -0.1) is 0 Å². The molecule has 2 nitrogen and oxygen atoms in total. The second kappa shape index (κ2) is 7.53. The Kier molecular flexibility index (Phi) is 6.31. The van der Waals surface area contributed by atoms with Gasteiger partial charge >= 0.3 is 0 Å². The van der Waals surface area contributed by atoms with Gasteiger partial charge in [0.1, 0.15) is 12.6 Å². The molecule has 0 N–H and O–H groups in total. The van der Waals surface area contributed by atoms with E-state index in [-0.39, 0.29) is 28.8 Å². The first-order chi connectivity index (χ1) is 9.50. The van der Waals surface area contributed by atoms with Crippen molar-refractivity contribution < 1.29 is 26.3 Å². The van der Waals surface area contributed by atoms with E-state index >= 15 is 0 Å². The zero-order chi connectivity index (χ0) is 14.6. The quantitative estimate of drug-likeness (QED) is 0.570. The molecule has 3 heteroatoms. The van der Waals surface area contributed by atoms with Crippen LogP contribution in [0.3, 0.4) is 0 Å². The molecule has 0 saturated heterocycles. The lowest BCUT2D eigenvalue weighted by molar-refractivity contribution is -0.916. The predicted molar refractivity (Wildman–Crippen MR) is 82.5 cm³/mol. The fraction of sp³-hybridized carbons (Fsp3) is 0.278. The second-order valence-electron chi connectivity index (χ2n) is 5.83. The second-order valence-corrected chi connectivity index (χ2v) is 5.83. The SMILES string of the molecule is C[C@H](C(=O)c1ccccc1)[N+](C)(C)Cc1ccccc1.[Br-]. The van der Waals surface area contributed by atoms with Crippen LogP contribution in [0.4, 0.5) is 0 Å². The lowest BCUT2D eigenvalue weighted by Gasteiger charge is -2.35. The molecular formula is C18H22BrNO. The number of carbonyl (C=O) groups is 1. The number of likely N-dealkylation sites (N-methyl/N-ethyl adjacent to an activating group) is 1. The van der Waals surface area contributed by atoms with Gasteiger partial charge in [-0.1, -0.05) is 60.7 Å². The van der Waals surface area contributed by atoms with E-state index in [2.05, 4.69) is 26.2 Å². The fourth-order valence-corrected chi connectivity index (χ4v) is 2.35. The Labute approximate surface area is 137 Å². The van der Waals surface area contributed by atoms with Crippen LogP contribution < -0.4 is 17.0 Å². The molecule has 0 aliphatic heterocycles. The van der Waals surface area contributed by atoms with Crippen molar-refractivity contribution in [3.63, 3.8) is 0 Å². The van der Waals surface area contributed by atoms with Crippen LogP contribution in [0, 0.1) is 0 Å². The van der Waals surface area contributed by atoms with E-state index in [9.17, 15) is 4.79 Å². The molecule has 1 atom stereocenters. The summed E-state index contributed by atoms with van der Waals surface area (Å²) in [5.41, 5.74) is 2.05. The number of hydrogen-bond acceptors (Lipinski definition) is 1. The Morgan fingerprint density at radius 3 is 1.95 bits per heavy atom. The number of hydrogen-bond donors (Lipinski definition) is 0. The lowest BCUT2D eigenvalue weighted by atomic mass is 10.0. The summed E-state index contributed by atoms with van der Waals surface area (Å²) < 4.78 is 0.651. The zero-order valence-electron chi connectivity index (χ0n) is 12.8. The van der Waals surface area contributed by atoms with Gasteiger partial charge in [0, 0.05) is 11.1 Å². The number of halogens is 1. The van der Waals surface area contributed by atoms with Gasteiger partial charge in [0.15, 0.2) is 0 Å². The Morgan fingerprint density at radius 1 is 0.952 bits per heavy atom. The molecule has 0 radical (unpaired) electrons. The molecule has 0 unspecified atom stereocenters. The van der Waals surface area contributed by atoms with E-state index in [1.807, 2.05) is 55.5 Å². The van der Waals surface area contributed by atoms with Gasteiger partial charge in [-0.3, -0.25) is 4.79 Å². The molecule has 2 aromatic rings. The third kappa shape index (κ3) is 4.51. The summed E-state index contributed by atoms with van der Waals surface area (Å²) in [7, 11) is 4.22. The molecule has 0 spiro atoms. The predicted octanol–water partition coefficient (Wildman–Crippen LogP) is 0.538. The number of ketones is 1. The molecule has 2 aromatic carbocycles. The third-order valence-corrected chi connectivity index (χ3v) is 3.92. The van der Waals surface area contributed by atoms with E-state index in [0.29, 0.717) is 4.48 Å². The zero-order valence-corrected chi connectivity index (χ0v) is 14.4. The van der Waals surface area contributed by atoms with Gasteiger partial charge in [-0.2, -0.15) is 0 Å². The average molecular weight is 348 g/mol. The van der Waals surface area contributed by atoms with Crippen LogP contribution in [-0.2, 0) is 6.54 Å². The molecule has 0 aliphatic carbocycles. The first kappa shape index (κ1) is 17.6. The van der Waals surface area contributed by atoms with Crippen molar-refractivity contribution in [3.05, 3.63) is 71.8 Å². The van der Waals surface area contributed by atoms with E-state index < -0.39 is 0 Å². The molecule has 0 fully saturated rings. The van der Waals surface area contributed by atoms with E-state index in [1.165, 1.54) is 5.56 Å². The molecule has 0 aromatic heterocycles. The van der Waals surface area contributed by atoms with E-state index in [4.69, 9.17) is 0 Å². The Hall–Kier alpha value is -1.45. The van der Waals surface area contributed by atoms with Crippen molar-refractivity contribution in [1.82, 2.24) is 0 Å². The minimum absolute atomic E-state index is 0. The van der Waals surface area contributed by atoms with Gasteiger partial charge in [-0.25, -0.2) is 0 Å². The Balaban J connectivity index is 0.00000220. The molecule has 0 amide bonds. The number of nitrogens with zero attached hydrogens (tertiary/aromatic N) is 1. The highest BCUT2D eigenvalue weighted by Crippen LogP contribution is 2.17. The normalized spacial score (nSPS) is 12.3. The summed E-state index contributed by atoms with van der Waals surface area (Å²) in [6.45, 7) is 2.86.